The predicted molar refractivity (Wildman–Crippen MR) is 60.7 cm³/mol. The minimum atomic E-state index is -0.144. The molecule has 0 aliphatic rings. The highest BCUT2D eigenvalue weighted by molar-refractivity contribution is 5.68. The molecule has 0 N–H and O–H groups in total. The van der Waals surface area contributed by atoms with Gasteiger partial charge >= 0.3 is 5.97 Å². The number of carbonyl (C=O) groups is 1. The molecule has 0 heterocycles. The zero-order chi connectivity index (χ0) is 11.4. The van der Waals surface area contributed by atoms with E-state index in [0.29, 0.717) is 13.0 Å². The summed E-state index contributed by atoms with van der Waals surface area (Å²) in [5, 5.41) is 0. The zero-order valence-electron chi connectivity index (χ0n) is 9.89. The van der Waals surface area contributed by atoms with Gasteiger partial charge in [0.1, 0.15) is 6.61 Å². The molecule has 0 aliphatic carbocycles. The highest BCUT2D eigenvalue weighted by Gasteiger charge is 2.06. The van der Waals surface area contributed by atoms with Gasteiger partial charge in [-0.3, -0.25) is 4.79 Å². The van der Waals surface area contributed by atoms with Crippen LogP contribution in [0.15, 0.2) is 12.1 Å². The van der Waals surface area contributed by atoms with Gasteiger partial charge in [-0.05, 0) is 37.5 Å². The minimum Gasteiger partial charge on any atom is -0.461 e. The van der Waals surface area contributed by atoms with E-state index in [2.05, 4.69) is 32.9 Å². The lowest BCUT2D eigenvalue weighted by Crippen LogP contribution is -2.05. The second-order valence-electron chi connectivity index (χ2n) is 3.89. The molecule has 1 rings (SSSR count). The van der Waals surface area contributed by atoms with Crippen molar-refractivity contribution >= 4 is 5.97 Å². The maximum Gasteiger partial charge on any atom is 0.305 e. The van der Waals surface area contributed by atoms with Gasteiger partial charge in [0.25, 0.3) is 0 Å². The number of esters is 1. The monoisotopic (exact) mass is 206 g/mol. The summed E-state index contributed by atoms with van der Waals surface area (Å²) in [6.07, 6.45) is 0.434. The predicted octanol–water partition coefficient (Wildman–Crippen LogP) is 3.07. The van der Waals surface area contributed by atoms with E-state index in [4.69, 9.17) is 4.74 Å². The van der Waals surface area contributed by atoms with E-state index in [1.807, 2.05) is 0 Å². The zero-order valence-corrected chi connectivity index (χ0v) is 9.89. The molecule has 0 amide bonds. The molecule has 2 nitrogen and oxygen atoms in total. The van der Waals surface area contributed by atoms with E-state index >= 15 is 0 Å². The Morgan fingerprint density at radius 2 is 1.73 bits per heavy atom. The number of aryl methyl sites for hydroxylation is 3. The summed E-state index contributed by atoms with van der Waals surface area (Å²) in [6, 6.07) is 4.23. The molecule has 82 valence electrons. The summed E-state index contributed by atoms with van der Waals surface area (Å²) in [4.78, 5) is 11.1. The van der Waals surface area contributed by atoms with Crippen LogP contribution >= 0.6 is 0 Å². The Hall–Kier alpha value is -1.31. The third kappa shape index (κ3) is 3.08. The van der Waals surface area contributed by atoms with Gasteiger partial charge in [0.2, 0.25) is 0 Å². The topological polar surface area (TPSA) is 26.3 Å². The van der Waals surface area contributed by atoms with Crippen LogP contribution in [0, 0.1) is 20.8 Å². The molecule has 0 saturated heterocycles. The molecule has 0 bridgehead atoms. The number of hydrogen-bond acceptors (Lipinski definition) is 2. The number of rotatable bonds is 3. The van der Waals surface area contributed by atoms with Crippen molar-refractivity contribution in [1.29, 1.82) is 0 Å². The minimum absolute atomic E-state index is 0.144. The van der Waals surface area contributed by atoms with Gasteiger partial charge in [-0.1, -0.05) is 24.6 Å². The largest absolute Gasteiger partial charge is 0.461 e. The molecule has 0 fully saturated rings. The van der Waals surface area contributed by atoms with Crippen molar-refractivity contribution in [1.82, 2.24) is 0 Å². The molecule has 0 unspecified atom stereocenters. The second-order valence-corrected chi connectivity index (χ2v) is 3.89. The SMILES string of the molecule is CCC(=O)OCc1c(C)cc(C)cc1C. The van der Waals surface area contributed by atoms with Crippen LogP contribution in [0.5, 0.6) is 0 Å². The summed E-state index contributed by atoms with van der Waals surface area (Å²) in [5.74, 6) is -0.144. The molecule has 0 aromatic heterocycles. The molecule has 2 heteroatoms. The van der Waals surface area contributed by atoms with Crippen molar-refractivity contribution in [3.63, 3.8) is 0 Å². The number of carbonyl (C=O) groups excluding carboxylic acids is 1. The van der Waals surface area contributed by atoms with Gasteiger partial charge in [-0.15, -0.1) is 0 Å². The van der Waals surface area contributed by atoms with Gasteiger partial charge in [0, 0.05) is 6.42 Å². The van der Waals surface area contributed by atoms with Crippen molar-refractivity contribution < 1.29 is 9.53 Å². The molecular weight excluding hydrogens is 188 g/mol. The molecule has 0 aliphatic heterocycles. The first-order valence-electron chi connectivity index (χ1n) is 5.27. The lowest BCUT2D eigenvalue weighted by Gasteiger charge is -2.11. The van der Waals surface area contributed by atoms with Crippen LogP contribution in [0.1, 0.15) is 35.6 Å². The lowest BCUT2D eigenvalue weighted by atomic mass is 10.0. The highest BCUT2D eigenvalue weighted by atomic mass is 16.5. The standard InChI is InChI=1S/C13H18O2/c1-5-13(14)15-8-12-10(3)6-9(2)7-11(12)4/h6-7H,5,8H2,1-4H3. The lowest BCUT2D eigenvalue weighted by molar-refractivity contribution is -0.144. The maximum atomic E-state index is 11.1. The third-order valence-electron chi connectivity index (χ3n) is 2.51. The Labute approximate surface area is 91.3 Å². The summed E-state index contributed by atoms with van der Waals surface area (Å²) < 4.78 is 5.14. The maximum absolute atomic E-state index is 11.1. The fraction of sp³-hybridized carbons (Fsp3) is 0.462. The van der Waals surface area contributed by atoms with E-state index in [-0.39, 0.29) is 5.97 Å². The van der Waals surface area contributed by atoms with E-state index in [0.717, 1.165) is 5.56 Å². The van der Waals surface area contributed by atoms with Crippen molar-refractivity contribution in [3.05, 3.63) is 34.4 Å². The first-order chi connectivity index (χ1) is 7.04. The third-order valence-corrected chi connectivity index (χ3v) is 2.51. The average Bonchev–Trinajstić information content (AvgIpc) is 2.15. The van der Waals surface area contributed by atoms with Crippen LogP contribution in [0.3, 0.4) is 0 Å². The first kappa shape index (κ1) is 11.8. The molecule has 0 atom stereocenters. The quantitative estimate of drug-likeness (QED) is 0.710. The van der Waals surface area contributed by atoms with Crippen molar-refractivity contribution in [2.45, 2.75) is 40.7 Å². The van der Waals surface area contributed by atoms with E-state index in [9.17, 15) is 4.79 Å². The van der Waals surface area contributed by atoms with Crippen molar-refractivity contribution in [2.75, 3.05) is 0 Å². The summed E-state index contributed by atoms with van der Waals surface area (Å²) in [5.41, 5.74) is 4.76. The fourth-order valence-corrected chi connectivity index (χ4v) is 1.69. The van der Waals surface area contributed by atoms with Crippen LogP contribution in [0.25, 0.3) is 0 Å². The van der Waals surface area contributed by atoms with Gasteiger partial charge in [0.05, 0.1) is 0 Å². The van der Waals surface area contributed by atoms with Gasteiger partial charge < -0.3 is 4.74 Å². The van der Waals surface area contributed by atoms with Crippen LogP contribution < -0.4 is 0 Å². The molecule has 1 aromatic rings. The van der Waals surface area contributed by atoms with Crippen LogP contribution in [-0.4, -0.2) is 5.97 Å². The summed E-state index contributed by atoms with van der Waals surface area (Å²) >= 11 is 0. The Balaban J connectivity index is 2.81. The van der Waals surface area contributed by atoms with E-state index < -0.39 is 0 Å². The molecule has 15 heavy (non-hydrogen) atoms. The molecule has 1 aromatic carbocycles. The van der Waals surface area contributed by atoms with E-state index in [1.54, 1.807) is 6.92 Å². The number of hydrogen-bond donors (Lipinski definition) is 0. The molecule has 0 radical (unpaired) electrons. The van der Waals surface area contributed by atoms with Crippen LogP contribution in [0.4, 0.5) is 0 Å². The second kappa shape index (κ2) is 4.96. The Morgan fingerprint density at radius 3 is 2.20 bits per heavy atom. The van der Waals surface area contributed by atoms with Crippen molar-refractivity contribution in [2.24, 2.45) is 0 Å². The molecule has 0 spiro atoms. The molecular formula is C13H18O2. The smallest absolute Gasteiger partial charge is 0.305 e. The number of benzene rings is 1. The van der Waals surface area contributed by atoms with Crippen LogP contribution in [-0.2, 0) is 16.1 Å². The Bertz CT molecular complexity index is 344. The molecule has 0 saturated carbocycles. The fourth-order valence-electron chi connectivity index (χ4n) is 1.69. The van der Waals surface area contributed by atoms with Crippen molar-refractivity contribution in [3.8, 4) is 0 Å². The summed E-state index contributed by atoms with van der Waals surface area (Å²) in [6.45, 7) is 8.37. The normalized spacial score (nSPS) is 10.1. The van der Waals surface area contributed by atoms with Gasteiger partial charge in [0.15, 0.2) is 0 Å². The van der Waals surface area contributed by atoms with Gasteiger partial charge in [-0.25, -0.2) is 0 Å². The van der Waals surface area contributed by atoms with Gasteiger partial charge in [-0.2, -0.15) is 0 Å². The highest BCUT2D eigenvalue weighted by Crippen LogP contribution is 2.17. The van der Waals surface area contributed by atoms with E-state index in [1.165, 1.54) is 16.7 Å². The Morgan fingerprint density at radius 1 is 1.20 bits per heavy atom. The van der Waals surface area contributed by atoms with Crippen LogP contribution in [0.2, 0.25) is 0 Å². The average molecular weight is 206 g/mol. The Kier molecular flexibility index (Phi) is 3.89. The number of ether oxygens (including phenoxy) is 1. The first-order valence-corrected chi connectivity index (χ1v) is 5.27. The summed E-state index contributed by atoms with van der Waals surface area (Å²) in [7, 11) is 0.